The molecule has 0 radical (unpaired) electrons. The van der Waals surface area contributed by atoms with Crippen LogP contribution in [0.15, 0.2) is 24.3 Å². The first-order valence-corrected chi connectivity index (χ1v) is 7.61. The highest BCUT2D eigenvalue weighted by atomic mass is 16.7. The van der Waals surface area contributed by atoms with E-state index < -0.39 is 17.1 Å². The molecule has 1 fully saturated rings. The van der Waals surface area contributed by atoms with Gasteiger partial charge in [-0.05, 0) is 52.3 Å². The van der Waals surface area contributed by atoms with Gasteiger partial charge in [0, 0.05) is 5.69 Å². The molecule has 0 saturated carbocycles. The average Bonchev–Trinajstić information content (AvgIpc) is 2.66. The molecule has 6 nitrogen and oxygen atoms in total. The number of ether oxygens (including phenoxy) is 1. The van der Waals surface area contributed by atoms with Crippen LogP contribution in [0, 0.1) is 5.41 Å². The maximum atomic E-state index is 12.1. The van der Waals surface area contributed by atoms with Crippen LogP contribution in [0.5, 0.6) is 0 Å². The Balaban J connectivity index is 1.93. The van der Waals surface area contributed by atoms with Crippen LogP contribution < -0.4 is 5.32 Å². The molecule has 2 amide bonds. The predicted molar refractivity (Wildman–Crippen MR) is 86.6 cm³/mol. The highest BCUT2D eigenvalue weighted by Crippen LogP contribution is 2.28. The molecule has 2 rings (SSSR count). The summed E-state index contributed by atoms with van der Waals surface area (Å²) in [4.78, 5) is 29.2. The van der Waals surface area contributed by atoms with Crippen molar-refractivity contribution in [1.82, 2.24) is 5.06 Å². The summed E-state index contributed by atoms with van der Waals surface area (Å²) in [5.74, 6) is -0.0199. The maximum Gasteiger partial charge on any atom is 0.412 e. The van der Waals surface area contributed by atoms with Crippen molar-refractivity contribution in [3.05, 3.63) is 29.8 Å². The zero-order chi connectivity index (χ0) is 17.3. The lowest BCUT2D eigenvalue weighted by Gasteiger charge is -2.20. The topological polar surface area (TPSA) is 67.9 Å². The third kappa shape index (κ3) is 4.69. The van der Waals surface area contributed by atoms with Crippen molar-refractivity contribution in [3.8, 4) is 0 Å². The number of carbonyl (C=O) groups is 2. The quantitative estimate of drug-likeness (QED) is 0.927. The smallest absolute Gasteiger partial charge is 0.412 e. The van der Waals surface area contributed by atoms with Crippen molar-refractivity contribution in [2.75, 3.05) is 11.9 Å². The fourth-order valence-electron chi connectivity index (χ4n) is 2.10. The molecule has 126 valence electrons. The molecule has 6 heteroatoms. The first-order valence-electron chi connectivity index (χ1n) is 7.61. The lowest BCUT2D eigenvalue weighted by atomic mass is 9.95. The molecule has 0 bridgehead atoms. The van der Waals surface area contributed by atoms with E-state index in [1.54, 1.807) is 12.1 Å². The van der Waals surface area contributed by atoms with Crippen molar-refractivity contribution in [2.45, 2.75) is 46.8 Å². The molecule has 1 saturated heterocycles. The Hall–Kier alpha value is -2.08. The van der Waals surface area contributed by atoms with Gasteiger partial charge in [-0.15, -0.1) is 0 Å². The van der Waals surface area contributed by atoms with Crippen LogP contribution >= 0.6 is 0 Å². The van der Waals surface area contributed by atoms with Crippen LogP contribution in [0.1, 0.15) is 40.2 Å². The Morgan fingerprint density at radius 3 is 2.39 bits per heavy atom. The minimum atomic E-state index is -0.537. The zero-order valence-electron chi connectivity index (χ0n) is 14.3. The maximum absolute atomic E-state index is 12.1. The summed E-state index contributed by atoms with van der Waals surface area (Å²) in [5, 5.41) is 4.05. The highest BCUT2D eigenvalue weighted by Gasteiger charge is 2.40. The predicted octanol–water partition coefficient (Wildman–Crippen LogP) is 3.33. The van der Waals surface area contributed by atoms with E-state index >= 15 is 0 Å². The average molecular weight is 320 g/mol. The Kier molecular flexibility index (Phi) is 4.66. The summed E-state index contributed by atoms with van der Waals surface area (Å²) in [6, 6.07) is 7.22. The van der Waals surface area contributed by atoms with Crippen molar-refractivity contribution in [2.24, 2.45) is 5.41 Å². The third-order valence-corrected chi connectivity index (χ3v) is 3.31. The molecule has 1 aliphatic rings. The SMILES string of the molecule is CC(C)(C)OC(=O)Nc1ccc(CN2OCC(C)(C)C2=O)cc1. The summed E-state index contributed by atoms with van der Waals surface area (Å²) in [5.41, 5.74) is 0.547. The lowest BCUT2D eigenvalue weighted by Crippen LogP contribution is -2.30. The van der Waals surface area contributed by atoms with Gasteiger partial charge in [-0.1, -0.05) is 12.1 Å². The molecule has 1 heterocycles. The Morgan fingerprint density at radius 2 is 1.91 bits per heavy atom. The summed E-state index contributed by atoms with van der Waals surface area (Å²) in [6.45, 7) is 9.93. The van der Waals surface area contributed by atoms with Gasteiger partial charge in [-0.3, -0.25) is 14.9 Å². The number of carbonyl (C=O) groups excluding carboxylic acids is 2. The molecule has 0 atom stereocenters. The Bertz CT molecular complexity index is 588. The largest absolute Gasteiger partial charge is 0.444 e. The second-order valence-corrected chi connectivity index (χ2v) is 7.32. The molecule has 1 aromatic rings. The van der Waals surface area contributed by atoms with E-state index in [1.807, 2.05) is 46.8 Å². The van der Waals surface area contributed by atoms with Gasteiger partial charge in [-0.25, -0.2) is 9.86 Å². The second kappa shape index (κ2) is 6.20. The Morgan fingerprint density at radius 1 is 1.30 bits per heavy atom. The van der Waals surface area contributed by atoms with Gasteiger partial charge in [0.2, 0.25) is 0 Å². The minimum absolute atomic E-state index is 0.0199. The molecule has 1 aliphatic heterocycles. The highest BCUT2D eigenvalue weighted by molar-refractivity contribution is 5.85. The van der Waals surface area contributed by atoms with Crippen molar-refractivity contribution >= 4 is 17.7 Å². The molecular formula is C17H24N2O4. The van der Waals surface area contributed by atoms with E-state index in [0.29, 0.717) is 18.8 Å². The van der Waals surface area contributed by atoms with E-state index in [4.69, 9.17) is 9.57 Å². The number of rotatable bonds is 3. The number of nitrogens with one attached hydrogen (secondary N) is 1. The van der Waals surface area contributed by atoms with Gasteiger partial charge in [0.25, 0.3) is 5.91 Å². The van der Waals surface area contributed by atoms with Crippen LogP contribution in [0.3, 0.4) is 0 Å². The standard InChI is InChI=1S/C17H24N2O4/c1-16(2,3)23-15(21)18-13-8-6-12(7-9-13)10-19-14(20)17(4,5)11-22-19/h6-9H,10-11H2,1-5H3,(H,18,21). The molecule has 0 aliphatic carbocycles. The van der Waals surface area contributed by atoms with Gasteiger partial charge in [0.1, 0.15) is 5.60 Å². The summed E-state index contributed by atoms with van der Waals surface area (Å²) < 4.78 is 5.19. The van der Waals surface area contributed by atoms with Crippen LogP contribution in [-0.2, 0) is 20.9 Å². The fraction of sp³-hybridized carbons (Fsp3) is 0.529. The first kappa shape index (κ1) is 17.3. The Labute approximate surface area is 136 Å². The van der Waals surface area contributed by atoms with Crippen molar-refractivity contribution < 1.29 is 19.2 Å². The summed E-state index contributed by atoms with van der Waals surface area (Å²) in [6.07, 6.45) is -0.495. The number of nitrogens with zero attached hydrogens (tertiary/aromatic N) is 1. The number of benzene rings is 1. The fourth-order valence-corrected chi connectivity index (χ4v) is 2.10. The first-order chi connectivity index (χ1) is 10.6. The van der Waals surface area contributed by atoms with Gasteiger partial charge >= 0.3 is 6.09 Å². The van der Waals surface area contributed by atoms with Gasteiger partial charge < -0.3 is 4.74 Å². The number of anilines is 1. The van der Waals surface area contributed by atoms with E-state index in [1.165, 1.54) is 5.06 Å². The number of hydrogen-bond donors (Lipinski definition) is 1. The molecule has 0 aromatic heterocycles. The van der Waals surface area contributed by atoms with Crippen molar-refractivity contribution in [1.29, 1.82) is 0 Å². The number of amides is 2. The molecule has 0 spiro atoms. The number of hydroxylamine groups is 2. The van der Waals surface area contributed by atoms with Gasteiger partial charge in [0.05, 0.1) is 18.6 Å². The van der Waals surface area contributed by atoms with Crippen molar-refractivity contribution in [3.63, 3.8) is 0 Å². The normalized spacial score (nSPS) is 17.3. The monoisotopic (exact) mass is 320 g/mol. The van der Waals surface area contributed by atoms with E-state index in [0.717, 1.165) is 5.56 Å². The summed E-state index contributed by atoms with van der Waals surface area (Å²) in [7, 11) is 0. The number of hydrogen-bond acceptors (Lipinski definition) is 4. The molecule has 23 heavy (non-hydrogen) atoms. The molecule has 1 aromatic carbocycles. The van der Waals surface area contributed by atoms with Crippen LogP contribution in [0.2, 0.25) is 0 Å². The third-order valence-electron chi connectivity index (χ3n) is 3.31. The zero-order valence-corrected chi connectivity index (χ0v) is 14.3. The second-order valence-electron chi connectivity index (χ2n) is 7.32. The van der Waals surface area contributed by atoms with Gasteiger partial charge in [0.15, 0.2) is 0 Å². The van der Waals surface area contributed by atoms with Crippen LogP contribution in [0.25, 0.3) is 0 Å². The molecule has 1 N–H and O–H groups in total. The molecular weight excluding hydrogens is 296 g/mol. The molecule has 0 unspecified atom stereocenters. The van der Waals surface area contributed by atoms with Crippen LogP contribution in [0.4, 0.5) is 10.5 Å². The van der Waals surface area contributed by atoms with E-state index in [2.05, 4.69) is 5.32 Å². The minimum Gasteiger partial charge on any atom is -0.444 e. The van der Waals surface area contributed by atoms with E-state index in [9.17, 15) is 9.59 Å². The summed E-state index contributed by atoms with van der Waals surface area (Å²) >= 11 is 0. The van der Waals surface area contributed by atoms with Crippen LogP contribution in [-0.4, -0.2) is 29.3 Å². The van der Waals surface area contributed by atoms with E-state index in [-0.39, 0.29) is 5.91 Å². The van der Waals surface area contributed by atoms with Gasteiger partial charge in [-0.2, -0.15) is 0 Å². The lowest BCUT2D eigenvalue weighted by molar-refractivity contribution is -0.165.